The van der Waals surface area contributed by atoms with Gasteiger partial charge < -0.3 is 0 Å². The Hall–Kier alpha value is -4.10. The van der Waals surface area contributed by atoms with E-state index in [0.717, 1.165) is 27.3 Å². The molecule has 150 valence electrons. The normalized spacial score (nSPS) is 11.2. The number of nitrogens with zero attached hydrogens (tertiary/aromatic N) is 3. The first-order chi connectivity index (χ1) is 15.3. The van der Waals surface area contributed by atoms with Crippen LogP contribution in [0.1, 0.15) is 5.56 Å². The van der Waals surface area contributed by atoms with Gasteiger partial charge in [-0.2, -0.15) is 10.1 Å². The van der Waals surface area contributed by atoms with Crippen LogP contribution < -0.4 is 11.0 Å². The van der Waals surface area contributed by atoms with E-state index in [-0.39, 0.29) is 11.5 Å². The van der Waals surface area contributed by atoms with Crippen LogP contribution in [0.5, 0.6) is 0 Å². The van der Waals surface area contributed by atoms with Gasteiger partial charge >= 0.3 is 0 Å². The van der Waals surface area contributed by atoms with E-state index in [0.29, 0.717) is 11.0 Å². The highest BCUT2D eigenvalue weighted by Gasteiger charge is 2.15. The second-order valence-electron chi connectivity index (χ2n) is 6.79. The lowest BCUT2D eigenvalue weighted by molar-refractivity contribution is 1.11. The minimum Gasteiger partial charge on any atom is -0.291 e. The molecule has 31 heavy (non-hydrogen) atoms. The maximum Gasteiger partial charge on any atom is 0.262 e. The van der Waals surface area contributed by atoms with Crippen molar-refractivity contribution in [1.82, 2.24) is 15.0 Å². The number of hydrogen-bond donors (Lipinski definition) is 2. The summed E-state index contributed by atoms with van der Waals surface area (Å²) in [6.45, 7) is 0. The molecule has 2 N–H and O–H groups in total. The quantitative estimate of drug-likeness (QED) is 0.302. The smallest absolute Gasteiger partial charge is 0.262 e. The van der Waals surface area contributed by atoms with Crippen molar-refractivity contribution in [2.24, 2.45) is 5.10 Å². The van der Waals surface area contributed by atoms with Gasteiger partial charge in [-0.3, -0.25) is 9.78 Å². The number of pyridine rings is 1. The third kappa shape index (κ3) is 3.99. The van der Waals surface area contributed by atoms with Crippen LogP contribution in [-0.2, 0) is 0 Å². The third-order valence-electron chi connectivity index (χ3n) is 4.72. The molecule has 5 rings (SSSR count). The Bertz CT molecular complexity index is 1410. The van der Waals surface area contributed by atoms with Crippen molar-refractivity contribution in [2.75, 3.05) is 5.43 Å². The van der Waals surface area contributed by atoms with Gasteiger partial charge in [0, 0.05) is 5.56 Å². The van der Waals surface area contributed by atoms with Gasteiger partial charge in [0.25, 0.3) is 5.56 Å². The number of fused-ring (bicyclic) bond motifs is 1. The Balaban J connectivity index is 1.62. The van der Waals surface area contributed by atoms with Crippen molar-refractivity contribution in [3.8, 4) is 21.7 Å². The Labute approximate surface area is 182 Å². The van der Waals surface area contributed by atoms with Crippen molar-refractivity contribution in [2.45, 2.75) is 0 Å². The van der Waals surface area contributed by atoms with Gasteiger partial charge in [0.15, 0.2) is 5.65 Å². The number of thiophene rings is 1. The number of nitrogens with one attached hydrogen (secondary N) is 2. The molecule has 0 aliphatic heterocycles. The van der Waals surface area contributed by atoms with E-state index >= 15 is 0 Å². The van der Waals surface area contributed by atoms with Gasteiger partial charge in [-0.15, -0.1) is 11.3 Å². The maximum atomic E-state index is 13.0. The molecule has 0 amide bonds. The van der Waals surface area contributed by atoms with Gasteiger partial charge in [-0.25, -0.2) is 10.4 Å². The number of aromatic nitrogens is 3. The summed E-state index contributed by atoms with van der Waals surface area (Å²) in [6.07, 6.45) is 1.66. The molecular weight excluding hydrogens is 406 g/mol. The van der Waals surface area contributed by atoms with E-state index in [1.807, 2.05) is 84.2 Å². The highest BCUT2D eigenvalue weighted by Crippen LogP contribution is 2.31. The zero-order chi connectivity index (χ0) is 21.0. The maximum absolute atomic E-state index is 13.0. The number of rotatable bonds is 5. The summed E-state index contributed by atoms with van der Waals surface area (Å²) in [5, 5.41) is 6.63. The monoisotopic (exact) mass is 423 g/mol. The van der Waals surface area contributed by atoms with Crippen molar-refractivity contribution in [3.63, 3.8) is 0 Å². The summed E-state index contributed by atoms with van der Waals surface area (Å²) in [5.74, 6) is 0.236. The molecule has 6 nitrogen and oxygen atoms in total. The number of H-pyrrole nitrogens is 1. The molecule has 0 atom stereocenters. The first-order valence-corrected chi connectivity index (χ1v) is 10.5. The fraction of sp³-hybridized carbons (Fsp3) is 0. The first-order valence-electron chi connectivity index (χ1n) is 9.66. The topological polar surface area (TPSA) is 83.0 Å². The van der Waals surface area contributed by atoms with Gasteiger partial charge in [-0.1, -0.05) is 66.7 Å². The Morgan fingerprint density at radius 2 is 1.71 bits per heavy atom. The summed E-state index contributed by atoms with van der Waals surface area (Å²) < 4.78 is 0. The van der Waals surface area contributed by atoms with Crippen molar-refractivity contribution < 1.29 is 0 Å². The minimum atomic E-state index is -0.272. The van der Waals surface area contributed by atoms with Gasteiger partial charge in [0.1, 0.15) is 0 Å². The van der Waals surface area contributed by atoms with Crippen LogP contribution in [0.3, 0.4) is 0 Å². The second kappa shape index (κ2) is 8.33. The average molecular weight is 424 g/mol. The summed E-state index contributed by atoms with van der Waals surface area (Å²) in [6, 6.07) is 25.4. The van der Waals surface area contributed by atoms with Crippen LogP contribution in [-0.4, -0.2) is 21.2 Å². The fourth-order valence-electron chi connectivity index (χ4n) is 3.30. The summed E-state index contributed by atoms with van der Waals surface area (Å²) in [4.78, 5) is 26.0. The minimum absolute atomic E-state index is 0.236. The summed E-state index contributed by atoms with van der Waals surface area (Å²) in [5.41, 5.74) is 6.34. The molecule has 0 saturated heterocycles. The van der Waals surface area contributed by atoms with Crippen LogP contribution >= 0.6 is 11.3 Å². The predicted octanol–water partition coefficient (Wildman–Crippen LogP) is 5.16. The molecule has 7 heteroatoms. The summed E-state index contributed by atoms with van der Waals surface area (Å²) >= 11 is 1.59. The highest BCUT2D eigenvalue weighted by molar-refractivity contribution is 7.13. The molecule has 0 unspecified atom stereocenters. The second-order valence-corrected chi connectivity index (χ2v) is 7.74. The van der Waals surface area contributed by atoms with E-state index in [1.54, 1.807) is 17.6 Å². The van der Waals surface area contributed by atoms with E-state index in [4.69, 9.17) is 0 Å². The number of aromatic amines is 1. The molecule has 0 radical (unpaired) electrons. The van der Waals surface area contributed by atoms with Crippen molar-refractivity contribution in [3.05, 3.63) is 100 Å². The molecular formula is C24H17N5OS. The Morgan fingerprint density at radius 3 is 2.45 bits per heavy atom. The lowest BCUT2D eigenvalue weighted by Crippen LogP contribution is -2.13. The lowest BCUT2D eigenvalue weighted by atomic mass is 10.0. The third-order valence-corrected chi connectivity index (χ3v) is 5.61. The van der Waals surface area contributed by atoms with Crippen LogP contribution in [0, 0.1) is 0 Å². The molecule has 0 bridgehead atoms. The highest BCUT2D eigenvalue weighted by atomic mass is 32.1. The molecule has 0 saturated carbocycles. The van der Waals surface area contributed by atoms with Gasteiger partial charge in [0.05, 0.1) is 22.2 Å². The molecule has 0 aliphatic carbocycles. The molecule has 0 fully saturated rings. The van der Waals surface area contributed by atoms with Gasteiger partial charge in [0.2, 0.25) is 5.95 Å². The first kappa shape index (κ1) is 18.9. The van der Waals surface area contributed by atoms with E-state index in [1.165, 1.54) is 0 Å². The molecule has 2 aromatic carbocycles. The van der Waals surface area contributed by atoms with Gasteiger partial charge in [-0.05, 0) is 28.6 Å². The molecule has 3 aromatic heterocycles. The van der Waals surface area contributed by atoms with Crippen LogP contribution in [0.4, 0.5) is 5.95 Å². The van der Waals surface area contributed by atoms with E-state index < -0.39 is 0 Å². The molecule has 0 aliphatic rings. The lowest BCUT2D eigenvalue weighted by Gasteiger charge is -2.09. The Morgan fingerprint density at radius 1 is 0.935 bits per heavy atom. The van der Waals surface area contributed by atoms with E-state index in [9.17, 15) is 4.79 Å². The SMILES string of the molecule is O=c1[nH]c(N/N=C/c2ccccc2)nc2nc(-c3cccs3)cc(-c3ccccc3)c12. The average Bonchev–Trinajstić information content (AvgIpc) is 3.35. The van der Waals surface area contributed by atoms with Crippen molar-refractivity contribution >= 4 is 34.5 Å². The number of hydrogen-bond acceptors (Lipinski definition) is 6. The van der Waals surface area contributed by atoms with Crippen LogP contribution in [0.25, 0.3) is 32.7 Å². The summed E-state index contributed by atoms with van der Waals surface area (Å²) in [7, 11) is 0. The largest absolute Gasteiger partial charge is 0.291 e. The standard InChI is InChI=1S/C24H17N5OS/c30-23-21-18(17-10-5-2-6-11-17)14-19(20-12-7-13-31-20)26-22(21)27-24(28-23)29-25-15-16-8-3-1-4-9-16/h1-15H,(H2,26,27,28,29,30)/b25-15+. The molecule has 3 heterocycles. The van der Waals surface area contributed by atoms with Crippen LogP contribution in [0.15, 0.2) is 94.1 Å². The van der Waals surface area contributed by atoms with Crippen LogP contribution in [0.2, 0.25) is 0 Å². The Kier molecular flexibility index (Phi) is 5.08. The fourth-order valence-corrected chi connectivity index (χ4v) is 3.98. The number of anilines is 1. The predicted molar refractivity (Wildman–Crippen MR) is 127 cm³/mol. The number of benzene rings is 2. The zero-order valence-electron chi connectivity index (χ0n) is 16.3. The van der Waals surface area contributed by atoms with E-state index in [2.05, 4.69) is 25.5 Å². The molecule has 0 spiro atoms. The van der Waals surface area contributed by atoms with Crippen molar-refractivity contribution in [1.29, 1.82) is 0 Å². The zero-order valence-corrected chi connectivity index (χ0v) is 17.1. The molecule has 5 aromatic rings. The number of hydrazone groups is 1.